The average molecular weight is 161 g/mol. The van der Waals surface area contributed by atoms with E-state index in [1.165, 1.54) is 0 Å². The van der Waals surface area contributed by atoms with Gasteiger partial charge in [-0.1, -0.05) is 0 Å². The zero-order chi connectivity index (χ0) is 8.13. The molecule has 0 aliphatic heterocycles. The molecule has 0 radical (unpaired) electrons. The van der Waals surface area contributed by atoms with Gasteiger partial charge in [-0.15, -0.1) is 0 Å². The van der Waals surface area contributed by atoms with Gasteiger partial charge in [0, 0.05) is 19.2 Å². The zero-order valence-corrected chi connectivity index (χ0v) is 6.57. The van der Waals surface area contributed by atoms with Gasteiger partial charge in [0.05, 0.1) is 23.6 Å². The number of aromatic nitrogens is 1. The fourth-order valence-corrected chi connectivity index (χ4v) is 1.60. The lowest BCUT2D eigenvalue weighted by atomic mass is 10.4. The second-order valence-corrected chi connectivity index (χ2v) is 2.83. The van der Waals surface area contributed by atoms with Gasteiger partial charge in [-0.25, -0.2) is 0 Å². The van der Waals surface area contributed by atoms with Crippen LogP contribution in [0.25, 0.3) is 22.2 Å². The minimum atomic E-state index is 0.831. The van der Waals surface area contributed by atoms with Gasteiger partial charge < -0.3 is 13.4 Å². The Bertz CT molecular complexity index is 493. The predicted molar refractivity (Wildman–Crippen MR) is 45.0 cm³/mol. The Hall–Kier alpha value is -1.64. The van der Waals surface area contributed by atoms with E-state index < -0.39 is 0 Å². The first-order chi connectivity index (χ1) is 5.88. The monoisotopic (exact) mass is 161 g/mol. The van der Waals surface area contributed by atoms with Crippen LogP contribution in [-0.2, 0) is 7.05 Å². The Kier molecular flexibility index (Phi) is 0.864. The predicted octanol–water partition coefficient (Wildman–Crippen LogP) is 2.52. The van der Waals surface area contributed by atoms with E-state index in [2.05, 4.69) is 4.57 Å². The fraction of sp³-hybridized carbons (Fsp3) is 0.111. The van der Waals surface area contributed by atoms with Crippen LogP contribution in [0.5, 0.6) is 0 Å². The second kappa shape index (κ2) is 1.75. The third-order valence-corrected chi connectivity index (χ3v) is 2.22. The molecule has 0 N–H and O–H groups in total. The topological polar surface area (TPSA) is 31.2 Å². The van der Waals surface area contributed by atoms with E-state index >= 15 is 0 Å². The quantitative estimate of drug-likeness (QED) is 0.507. The summed E-state index contributed by atoms with van der Waals surface area (Å²) in [5.74, 6) is 0. The smallest absolute Gasteiger partial charge is 0.194 e. The van der Waals surface area contributed by atoms with Crippen LogP contribution in [-0.4, -0.2) is 4.57 Å². The standard InChI is InChI=1S/C9H7NO2/c1-10-6-2-4-11-8(6)9-7(10)3-5-12-9/h2-5H,1H3. The van der Waals surface area contributed by atoms with Gasteiger partial charge >= 0.3 is 0 Å². The maximum atomic E-state index is 5.30. The third kappa shape index (κ3) is 0.491. The minimum absolute atomic E-state index is 0.831. The number of hydrogen-bond acceptors (Lipinski definition) is 2. The van der Waals surface area contributed by atoms with Gasteiger partial charge in [-0.2, -0.15) is 0 Å². The Morgan fingerprint density at radius 1 is 1.00 bits per heavy atom. The van der Waals surface area contributed by atoms with E-state index in [0.717, 1.165) is 22.2 Å². The molecule has 3 heterocycles. The Labute approximate surface area is 68.2 Å². The van der Waals surface area contributed by atoms with Crippen molar-refractivity contribution in [2.75, 3.05) is 0 Å². The lowest BCUT2D eigenvalue weighted by Crippen LogP contribution is -1.82. The molecule has 0 saturated heterocycles. The first-order valence-corrected chi connectivity index (χ1v) is 3.77. The van der Waals surface area contributed by atoms with E-state index in [1.807, 2.05) is 19.2 Å². The summed E-state index contributed by atoms with van der Waals surface area (Å²) in [5.41, 5.74) is 3.81. The Morgan fingerprint density at radius 2 is 1.50 bits per heavy atom. The highest BCUT2D eigenvalue weighted by Gasteiger charge is 2.12. The SMILES string of the molecule is Cn1c2ccoc2c2occc21. The van der Waals surface area contributed by atoms with Crippen LogP contribution in [0.4, 0.5) is 0 Å². The van der Waals surface area contributed by atoms with Crippen molar-refractivity contribution >= 4 is 22.2 Å². The van der Waals surface area contributed by atoms with Gasteiger partial charge in [-0.05, 0) is 0 Å². The molecule has 3 aromatic rings. The second-order valence-electron chi connectivity index (χ2n) is 2.83. The van der Waals surface area contributed by atoms with Gasteiger partial charge in [0.1, 0.15) is 0 Å². The molecule has 3 heteroatoms. The highest BCUT2D eigenvalue weighted by molar-refractivity contribution is 6.00. The Morgan fingerprint density at radius 3 is 2.00 bits per heavy atom. The van der Waals surface area contributed by atoms with Crippen molar-refractivity contribution < 1.29 is 8.83 Å². The third-order valence-electron chi connectivity index (χ3n) is 2.22. The van der Waals surface area contributed by atoms with Crippen LogP contribution < -0.4 is 0 Å². The molecule has 0 fully saturated rings. The maximum Gasteiger partial charge on any atom is 0.194 e. The molecule has 0 aliphatic carbocycles. The number of aryl methyl sites for hydroxylation is 1. The number of hydrogen-bond donors (Lipinski definition) is 0. The average Bonchev–Trinajstić information content (AvgIpc) is 2.72. The molecule has 12 heavy (non-hydrogen) atoms. The van der Waals surface area contributed by atoms with Crippen LogP contribution in [0.15, 0.2) is 33.5 Å². The van der Waals surface area contributed by atoms with E-state index in [4.69, 9.17) is 8.83 Å². The number of fused-ring (bicyclic) bond motifs is 3. The molecule has 0 bridgehead atoms. The summed E-state index contributed by atoms with van der Waals surface area (Å²) in [6.45, 7) is 0. The van der Waals surface area contributed by atoms with Gasteiger partial charge in [-0.3, -0.25) is 0 Å². The van der Waals surface area contributed by atoms with Gasteiger partial charge in [0.2, 0.25) is 0 Å². The molecule has 3 nitrogen and oxygen atoms in total. The lowest BCUT2D eigenvalue weighted by Gasteiger charge is -1.88. The zero-order valence-electron chi connectivity index (χ0n) is 6.57. The van der Waals surface area contributed by atoms with Crippen LogP contribution in [0, 0.1) is 0 Å². The van der Waals surface area contributed by atoms with Crippen LogP contribution in [0.3, 0.4) is 0 Å². The van der Waals surface area contributed by atoms with Gasteiger partial charge in [0.15, 0.2) is 11.2 Å². The van der Waals surface area contributed by atoms with Crippen molar-refractivity contribution in [1.29, 1.82) is 0 Å². The molecule has 0 saturated carbocycles. The number of nitrogens with zero attached hydrogens (tertiary/aromatic N) is 1. The van der Waals surface area contributed by atoms with Gasteiger partial charge in [0.25, 0.3) is 0 Å². The minimum Gasteiger partial charge on any atom is -0.459 e. The molecular formula is C9H7NO2. The van der Waals surface area contributed by atoms with Crippen molar-refractivity contribution in [3.8, 4) is 0 Å². The van der Waals surface area contributed by atoms with E-state index in [-0.39, 0.29) is 0 Å². The van der Waals surface area contributed by atoms with Crippen molar-refractivity contribution in [2.45, 2.75) is 0 Å². The molecule has 3 aromatic heterocycles. The van der Waals surface area contributed by atoms with E-state index in [1.54, 1.807) is 12.5 Å². The van der Waals surface area contributed by atoms with Crippen molar-refractivity contribution in [3.05, 3.63) is 24.7 Å². The summed E-state index contributed by atoms with van der Waals surface area (Å²) in [5, 5.41) is 0. The summed E-state index contributed by atoms with van der Waals surface area (Å²) in [4.78, 5) is 0. The molecule has 0 aromatic carbocycles. The summed E-state index contributed by atoms with van der Waals surface area (Å²) < 4.78 is 12.6. The van der Waals surface area contributed by atoms with Crippen LogP contribution >= 0.6 is 0 Å². The Balaban J connectivity index is 2.76. The van der Waals surface area contributed by atoms with Crippen molar-refractivity contribution in [3.63, 3.8) is 0 Å². The fourth-order valence-electron chi connectivity index (χ4n) is 1.60. The largest absolute Gasteiger partial charge is 0.459 e. The molecule has 60 valence electrons. The van der Waals surface area contributed by atoms with Crippen LogP contribution in [0.1, 0.15) is 0 Å². The molecule has 3 rings (SSSR count). The number of rotatable bonds is 0. The summed E-state index contributed by atoms with van der Waals surface area (Å²) >= 11 is 0. The maximum absolute atomic E-state index is 5.30. The highest BCUT2D eigenvalue weighted by Crippen LogP contribution is 2.28. The number of furan rings is 2. The van der Waals surface area contributed by atoms with E-state index in [0.29, 0.717) is 0 Å². The van der Waals surface area contributed by atoms with Crippen molar-refractivity contribution in [2.24, 2.45) is 7.05 Å². The molecule has 0 spiro atoms. The van der Waals surface area contributed by atoms with Crippen LogP contribution in [0.2, 0.25) is 0 Å². The first-order valence-electron chi connectivity index (χ1n) is 3.77. The summed E-state index contributed by atoms with van der Waals surface area (Å²) in [6, 6.07) is 3.87. The van der Waals surface area contributed by atoms with Crippen molar-refractivity contribution in [1.82, 2.24) is 4.57 Å². The molecule has 0 atom stereocenters. The highest BCUT2D eigenvalue weighted by atomic mass is 16.4. The first kappa shape index (κ1) is 5.94. The van der Waals surface area contributed by atoms with E-state index in [9.17, 15) is 0 Å². The molecule has 0 amide bonds. The normalized spacial score (nSPS) is 11.8. The molecular weight excluding hydrogens is 154 g/mol. The lowest BCUT2D eigenvalue weighted by molar-refractivity contribution is 0.583. The summed E-state index contributed by atoms with van der Waals surface area (Å²) in [6.07, 6.45) is 3.35. The molecule has 0 unspecified atom stereocenters. The summed E-state index contributed by atoms with van der Waals surface area (Å²) in [7, 11) is 2.00. The molecule has 0 aliphatic rings.